The Morgan fingerprint density at radius 1 is 1.22 bits per heavy atom. The van der Waals surface area contributed by atoms with Gasteiger partial charge in [0.1, 0.15) is 5.69 Å². The van der Waals surface area contributed by atoms with E-state index in [0.717, 1.165) is 34.8 Å². The molecule has 136 valence electrons. The molecule has 0 radical (unpaired) electrons. The molecule has 6 heteroatoms. The molecule has 2 aromatic heterocycles. The lowest BCUT2D eigenvalue weighted by molar-refractivity contribution is -0.126. The minimum absolute atomic E-state index is 0.0719. The monoisotopic (exact) mass is 359 g/mol. The molecule has 1 aromatic carbocycles. The molecular formula is C21H21N5O. The summed E-state index contributed by atoms with van der Waals surface area (Å²) in [4.78, 5) is 23.5. The summed E-state index contributed by atoms with van der Waals surface area (Å²) in [6.45, 7) is 7.55. The van der Waals surface area contributed by atoms with Crippen LogP contribution in [-0.4, -0.2) is 37.1 Å². The highest BCUT2D eigenvalue weighted by Gasteiger charge is 2.25. The van der Waals surface area contributed by atoms with E-state index in [1.165, 1.54) is 6.08 Å². The van der Waals surface area contributed by atoms with Gasteiger partial charge >= 0.3 is 0 Å². The second-order valence-corrected chi connectivity index (χ2v) is 6.46. The summed E-state index contributed by atoms with van der Waals surface area (Å²) in [5.74, 6) is 0.584. The van der Waals surface area contributed by atoms with Crippen molar-refractivity contribution in [3.8, 4) is 22.8 Å². The topological polar surface area (TPSA) is 63.9 Å². The van der Waals surface area contributed by atoms with Gasteiger partial charge in [-0.1, -0.05) is 36.9 Å². The maximum Gasteiger partial charge on any atom is 0.246 e. The Hall–Kier alpha value is -3.28. The molecule has 0 fully saturated rings. The fourth-order valence-corrected chi connectivity index (χ4v) is 3.34. The van der Waals surface area contributed by atoms with Crippen LogP contribution in [0.3, 0.4) is 0 Å². The Kier molecular flexibility index (Phi) is 4.54. The maximum atomic E-state index is 12.1. The molecule has 0 bridgehead atoms. The molecule has 0 saturated heterocycles. The van der Waals surface area contributed by atoms with Gasteiger partial charge in [-0.05, 0) is 25.5 Å². The fourth-order valence-electron chi connectivity index (χ4n) is 3.34. The van der Waals surface area contributed by atoms with Gasteiger partial charge in [0.25, 0.3) is 0 Å². The van der Waals surface area contributed by atoms with Gasteiger partial charge in [0, 0.05) is 30.4 Å². The van der Waals surface area contributed by atoms with Crippen LogP contribution in [0.2, 0.25) is 0 Å². The average molecular weight is 359 g/mol. The molecule has 0 saturated carbocycles. The molecule has 27 heavy (non-hydrogen) atoms. The lowest BCUT2D eigenvalue weighted by Crippen LogP contribution is -2.35. The number of hydrogen-bond donors (Lipinski definition) is 0. The number of amides is 1. The molecular weight excluding hydrogens is 338 g/mol. The number of carbonyl (C=O) groups excluding carboxylic acids is 1. The molecule has 0 N–H and O–H groups in total. The van der Waals surface area contributed by atoms with Gasteiger partial charge in [0.05, 0.1) is 17.9 Å². The summed E-state index contributed by atoms with van der Waals surface area (Å²) < 4.78 is 1.89. The van der Waals surface area contributed by atoms with Gasteiger partial charge in [-0.15, -0.1) is 0 Å². The Balaban J connectivity index is 1.85. The quantitative estimate of drug-likeness (QED) is 0.672. The van der Waals surface area contributed by atoms with E-state index in [1.807, 2.05) is 47.3 Å². The van der Waals surface area contributed by atoms with E-state index >= 15 is 0 Å². The van der Waals surface area contributed by atoms with Crippen molar-refractivity contribution in [3.05, 3.63) is 66.5 Å². The highest BCUT2D eigenvalue weighted by atomic mass is 16.2. The van der Waals surface area contributed by atoms with E-state index < -0.39 is 0 Å². The summed E-state index contributed by atoms with van der Waals surface area (Å²) in [5.41, 5.74) is 4.60. The zero-order valence-electron chi connectivity index (χ0n) is 15.3. The van der Waals surface area contributed by atoms with Crippen molar-refractivity contribution in [2.24, 2.45) is 0 Å². The van der Waals surface area contributed by atoms with Gasteiger partial charge in [0.2, 0.25) is 5.91 Å². The molecule has 4 rings (SSSR count). The van der Waals surface area contributed by atoms with Crippen molar-refractivity contribution in [2.45, 2.75) is 26.4 Å². The Bertz CT molecular complexity index is 993. The van der Waals surface area contributed by atoms with E-state index in [-0.39, 0.29) is 5.91 Å². The van der Waals surface area contributed by atoms with Crippen LogP contribution in [0.25, 0.3) is 22.8 Å². The molecule has 0 atom stereocenters. The predicted octanol–water partition coefficient (Wildman–Crippen LogP) is 3.10. The standard InChI is InChI=1S/C21H21N5O/c1-3-19(27)25-12-10-16-18(14-25)22-21(15-8-6-5-7-9-15)23-20(16)17-11-13-26(4-2)24-17/h3,5-9,11,13H,1,4,10,12,14H2,2H3. The first-order valence-corrected chi connectivity index (χ1v) is 9.10. The van der Waals surface area contributed by atoms with E-state index in [2.05, 4.69) is 18.6 Å². The maximum absolute atomic E-state index is 12.1. The van der Waals surface area contributed by atoms with Gasteiger partial charge < -0.3 is 4.90 Å². The number of rotatable bonds is 4. The van der Waals surface area contributed by atoms with Crippen LogP contribution < -0.4 is 0 Å². The third-order valence-corrected chi connectivity index (χ3v) is 4.79. The lowest BCUT2D eigenvalue weighted by atomic mass is 10.0. The first-order chi connectivity index (χ1) is 13.2. The van der Waals surface area contributed by atoms with E-state index in [4.69, 9.17) is 9.97 Å². The molecule has 0 aliphatic carbocycles. The highest BCUT2D eigenvalue weighted by Crippen LogP contribution is 2.29. The van der Waals surface area contributed by atoms with Crippen molar-refractivity contribution < 1.29 is 4.79 Å². The largest absolute Gasteiger partial charge is 0.333 e. The van der Waals surface area contributed by atoms with Crippen molar-refractivity contribution in [1.82, 2.24) is 24.6 Å². The molecule has 3 aromatic rings. The van der Waals surface area contributed by atoms with Crippen LogP contribution in [0, 0.1) is 0 Å². The second-order valence-electron chi connectivity index (χ2n) is 6.46. The molecule has 3 heterocycles. The molecule has 1 aliphatic heterocycles. The number of aryl methyl sites for hydroxylation is 1. The first kappa shape index (κ1) is 17.1. The molecule has 0 spiro atoms. The first-order valence-electron chi connectivity index (χ1n) is 9.10. The summed E-state index contributed by atoms with van der Waals surface area (Å²) in [5, 5.41) is 4.64. The minimum atomic E-state index is -0.0719. The minimum Gasteiger partial charge on any atom is -0.333 e. The fraction of sp³-hybridized carbons (Fsp3) is 0.238. The van der Waals surface area contributed by atoms with Gasteiger partial charge in [0.15, 0.2) is 5.82 Å². The zero-order chi connectivity index (χ0) is 18.8. The van der Waals surface area contributed by atoms with Crippen LogP contribution in [0.4, 0.5) is 0 Å². The third kappa shape index (κ3) is 3.26. The number of benzene rings is 1. The average Bonchev–Trinajstić information content (AvgIpc) is 3.21. The van der Waals surface area contributed by atoms with Crippen molar-refractivity contribution in [3.63, 3.8) is 0 Å². The molecule has 1 aliphatic rings. The van der Waals surface area contributed by atoms with Gasteiger partial charge in [-0.2, -0.15) is 5.10 Å². The van der Waals surface area contributed by atoms with Crippen LogP contribution >= 0.6 is 0 Å². The third-order valence-electron chi connectivity index (χ3n) is 4.79. The van der Waals surface area contributed by atoms with Gasteiger partial charge in [-0.25, -0.2) is 9.97 Å². The second kappa shape index (κ2) is 7.15. The highest BCUT2D eigenvalue weighted by molar-refractivity contribution is 5.87. The van der Waals surface area contributed by atoms with Crippen LogP contribution in [0.5, 0.6) is 0 Å². The Morgan fingerprint density at radius 2 is 2.04 bits per heavy atom. The number of fused-ring (bicyclic) bond motifs is 1. The molecule has 0 unspecified atom stereocenters. The van der Waals surface area contributed by atoms with Crippen molar-refractivity contribution in [1.29, 1.82) is 0 Å². The zero-order valence-corrected chi connectivity index (χ0v) is 15.3. The number of aromatic nitrogens is 4. The Morgan fingerprint density at radius 3 is 2.74 bits per heavy atom. The predicted molar refractivity (Wildman–Crippen MR) is 104 cm³/mol. The van der Waals surface area contributed by atoms with E-state index in [1.54, 1.807) is 4.90 Å². The summed E-state index contributed by atoms with van der Waals surface area (Å²) in [6.07, 6.45) is 4.02. The van der Waals surface area contributed by atoms with Crippen LogP contribution in [0.15, 0.2) is 55.3 Å². The summed E-state index contributed by atoms with van der Waals surface area (Å²) in [7, 11) is 0. The lowest BCUT2D eigenvalue weighted by Gasteiger charge is -2.28. The molecule has 1 amide bonds. The Labute approximate surface area is 158 Å². The number of hydrogen-bond acceptors (Lipinski definition) is 4. The van der Waals surface area contributed by atoms with E-state index in [9.17, 15) is 4.79 Å². The van der Waals surface area contributed by atoms with Crippen LogP contribution in [0.1, 0.15) is 18.2 Å². The normalized spacial score (nSPS) is 13.3. The summed E-state index contributed by atoms with van der Waals surface area (Å²) in [6, 6.07) is 11.9. The van der Waals surface area contributed by atoms with E-state index in [0.29, 0.717) is 25.3 Å². The SMILES string of the molecule is C=CC(=O)N1CCc2c(nc(-c3ccccc3)nc2-c2ccn(CC)n2)C1. The smallest absolute Gasteiger partial charge is 0.246 e. The summed E-state index contributed by atoms with van der Waals surface area (Å²) >= 11 is 0. The van der Waals surface area contributed by atoms with Crippen molar-refractivity contribution >= 4 is 5.91 Å². The number of nitrogens with zero attached hydrogens (tertiary/aromatic N) is 5. The van der Waals surface area contributed by atoms with Crippen molar-refractivity contribution in [2.75, 3.05) is 6.54 Å². The van der Waals surface area contributed by atoms with Crippen LogP contribution in [-0.2, 0) is 24.3 Å². The molecule has 6 nitrogen and oxygen atoms in total. The van der Waals surface area contributed by atoms with Gasteiger partial charge in [-0.3, -0.25) is 9.48 Å². The number of carbonyl (C=O) groups is 1.